The molecule has 0 radical (unpaired) electrons. The summed E-state index contributed by atoms with van der Waals surface area (Å²) in [4.78, 5) is 20.8. The minimum atomic E-state index is -4.07. The number of carbonyl (C=O) groups excluding carboxylic acids is 1. The molecule has 2 aromatic rings. The maximum atomic E-state index is 13.2. The Kier molecular flexibility index (Phi) is 6.79. The maximum absolute atomic E-state index is 13.2. The maximum Gasteiger partial charge on any atom is 0.265 e. The summed E-state index contributed by atoms with van der Waals surface area (Å²) in [5, 5.41) is 9.11. The van der Waals surface area contributed by atoms with Gasteiger partial charge in [-0.15, -0.1) is 0 Å². The van der Waals surface area contributed by atoms with Gasteiger partial charge in [-0.25, -0.2) is 18.9 Å². The lowest BCUT2D eigenvalue weighted by atomic mass is 9.98. The predicted octanol–water partition coefficient (Wildman–Crippen LogP) is 0.970. The fourth-order valence-corrected chi connectivity index (χ4v) is 5.13. The van der Waals surface area contributed by atoms with Gasteiger partial charge in [-0.05, 0) is 30.9 Å². The summed E-state index contributed by atoms with van der Waals surface area (Å²) in [5.74, 6) is 4.64. The van der Waals surface area contributed by atoms with Gasteiger partial charge < -0.3 is 9.47 Å². The molecule has 0 aliphatic carbocycles. The molecule has 3 rings (SSSR count). The van der Waals surface area contributed by atoms with Crippen LogP contribution in [0.4, 0.5) is 0 Å². The second kappa shape index (κ2) is 9.32. The monoisotopic (exact) mass is 431 g/mol. The zero-order chi connectivity index (χ0) is 21.6. The second-order valence-corrected chi connectivity index (χ2v) is 8.86. The molecule has 0 spiro atoms. The number of carbonyl (C=O) groups is 1. The molecular weight excluding hydrogens is 410 g/mol. The Labute approximate surface area is 174 Å². The van der Waals surface area contributed by atoms with E-state index in [0.29, 0.717) is 23.6 Å². The van der Waals surface area contributed by atoms with Gasteiger partial charge in [0, 0.05) is 25.9 Å². The van der Waals surface area contributed by atoms with Crippen LogP contribution in [-0.2, 0) is 24.1 Å². The molecule has 9 nitrogen and oxygen atoms in total. The molecule has 1 aromatic heterocycles. The molecule has 1 aliphatic heterocycles. The summed E-state index contributed by atoms with van der Waals surface area (Å²) < 4.78 is 34.8. The number of methoxy groups -OCH3 is 1. The second-order valence-electron chi connectivity index (χ2n) is 6.60. The van der Waals surface area contributed by atoms with Crippen LogP contribution in [0.2, 0.25) is 0 Å². The zero-order valence-electron chi connectivity index (χ0n) is 16.3. The van der Waals surface area contributed by atoms with Crippen molar-refractivity contribution in [1.29, 1.82) is 0 Å². The number of benzene rings is 1. The number of rotatable bonds is 5. The summed E-state index contributed by atoms with van der Waals surface area (Å²) in [6.45, 7) is 0.515. The minimum Gasteiger partial charge on any atom is -0.381 e. The van der Waals surface area contributed by atoms with E-state index in [0.717, 1.165) is 0 Å². The average molecular weight is 431 g/mol. The fourth-order valence-electron chi connectivity index (χ4n) is 3.19. The number of aromatic nitrogens is 2. The number of amides is 1. The number of nitrogens with one attached hydrogen (secondary N) is 1. The van der Waals surface area contributed by atoms with Crippen LogP contribution in [0, 0.1) is 11.8 Å². The topological polar surface area (TPSA) is 128 Å². The number of sulfone groups is 1. The van der Waals surface area contributed by atoms with Gasteiger partial charge in [-0.2, -0.15) is 0 Å². The van der Waals surface area contributed by atoms with E-state index in [1.165, 1.54) is 23.8 Å². The van der Waals surface area contributed by atoms with Crippen LogP contribution in [0.3, 0.4) is 0 Å². The Morgan fingerprint density at radius 2 is 1.93 bits per heavy atom. The summed E-state index contributed by atoms with van der Waals surface area (Å²) in [7, 11) is -2.52. The zero-order valence-corrected chi connectivity index (χ0v) is 17.1. The molecule has 2 heterocycles. The third-order valence-corrected chi connectivity index (χ3v) is 7.39. The number of ether oxygens (including phenoxy) is 2. The smallest absolute Gasteiger partial charge is 0.265 e. The van der Waals surface area contributed by atoms with Crippen molar-refractivity contribution >= 4 is 15.7 Å². The number of hydrogen-bond donors (Lipinski definition) is 2. The molecular formula is C20H21N3O6S. The van der Waals surface area contributed by atoms with Crippen LogP contribution in [-0.4, -0.2) is 61.2 Å². The van der Waals surface area contributed by atoms with E-state index in [-0.39, 0.29) is 31.0 Å². The lowest BCUT2D eigenvalue weighted by molar-refractivity contribution is -0.134. The Morgan fingerprint density at radius 1 is 1.23 bits per heavy atom. The highest BCUT2D eigenvalue weighted by Crippen LogP contribution is 2.35. The lowest BCUT2D eigenvalue weighted by Crippen LogP contribution is -2.54. The van der Waals surface area contributed by atoms with Crippen molar-refractivity contribution in [2.45, 2.75) is 22.5 Å². The van der Waals surface area contributed by atoms with E-state index in [9.17, 15) is 13.2 Å². The van der Waals surface area contributed by atoms with E-state index >= 15 is 0 Å². The molecule has 0 atom stereocenters. The number of hydrogen-bond acceptors (Lipinski definition) is 8. The molecule has 0 bridgehead atoms. The Balaban J connectivity index is 1.87. The molecule has 30 heavy (non-hydrogen) atoms. The normalized spacial score (nSPS) is 15.7. The number of nitrogens with zero attached hydrogens (tertiary/aromatic N) is 2. The molecule has 1 aliphatic rings. The first kappa shape index (κ1) is 21.9. The molecule has 1 fully saturated rings. The van der Waals surface area contributed by atoms with Crippen molar-refractivity contribution in [2.75, 3.05) is 26.9 Å². The molecule has 158 valence electrons. The Morgan fingerprint density at radius 3 is 2.50 bits per heavy atom. The Hall–Kier alpha value is -2.84. The number of hydroxylamine groups is 1. The van der Waals surface area contributed by atoms with Crippen LogP contribution in [0.5, 0.6) is 0 Å². The van der Waals surface area contributed by atoms with Gasteiger partial charge in [-0.1, -0.05) is 18.1 Å². The van der Waals surface area contributed by atoms with Crippen molar-refractivity contribution in [3.63, 3.8) is 0 Å². The first-order chi connectivity index (χ1) is 14.4. The van der Waals surface area contributed by atoms with Crippen LogP contribution < -0.4 is 5.48 Å². The van der Waals surface area contributed by atoms with E-state index in [4.69, 9.17) is 14.7 Å². The molecule has 1 aromatic carbocycles. The van der Waals surface area contributed by atoms with Gasteiger partial charge in [-0.3, -0.25) is 15.0 Å². The van der Waals surface area contributed by atoms with Crippen molar-refractivity contribution in [3.05, 3.63) is 42.4 Å². The van der Waals surface area contributed by atoms with Gasteiger partial charge in [0.15, 0.2) is 14.6 Å². The fraction of sp³-hybridized carbons (Fsp3) is 0.350. The van der Waals surface area contributed by atoms with Gasteiger partial charge in [0.05, 0.1) is 23.0 Å². The molecule has 1 saturated heterocycles. The predicted molar refractivity (Wildman–Crippen MR) is 106 cm³/mol. The van der Waals surface area contributed by atoms with Crippen molar-refractivity contribution in [1.82, 2.24) is 15.4 Å². The standard InChI is InChI=1S/C20H21N3O6S/c1-28-10-2-3-16-13-22-18(14-21-16)15-4-6-17(7-5-15)30(26,27)20(19(24)23-25)8-11-29-12-9-20/h4-7,13-14,25H,8-12H2,1H3,(H,23,24). The summed E-state index contributed by atoms with van der Waals surface area (Å²) in [6.07, 6.45) is 2.98. The first-order valence-corrected chi connectivity index (χ1v) is 10.6. The molecule has 10 heteroatoms. The third kappa shape index (κ3) is 4.20. The van der Waals surface area contributed by atoms with Crippen molar-refractivity contribution < 1.29 is 27.9 Å². The Bertz CT molecular complexity index is 1050. The van der Waals surface area contributed by atoms with Crippen LogP contribution >= 0.6 is 0 Å². The summed E-state index contributed by atoms with van der Waals surface area (Å²) in [5.41, 5.74) is 3.20. The van der Waals surface area contributed by atoms with Crippen molar-refractivity contribution in [2.24, 2.45) is 0 Å². The van der Waals surface area contributed by atoms with Gasteiger partial charge >= 0.3 is 0 Å². The largest absolute Gasteiger partial charge is 0.381 e. The van der Waals surface area contributed by atoms with Crippen molar-refractivity contribution in [3.8, 4) is 23.1 Å². The average Bonchev–Trinajstić information content (AvgIpc) is 2.79. The first-order valence-electron chi connectivity index (χ1n) is 9.12. The minimum absolute atomic E-state index is 0.0215. The van der Waals surface area contributed by atoms with E-state index in [2.05, 4.69) is 21.8 Å². The molecule has 0 unspecified atom stereocenters. The van der Waals surface area contributed by atoms with Gasteiger partial charge in [0.25, 0.3) is 5.91 Å². The highest BCUT2D eigenvalue weighted by molar-refractivity contribution is 7.93. The van der Waals surface area contributed by atoms with E-state index in [1.54, 1.807) is 25.4 Å². The van der Waals surface area contributed by atoms with Crippen LogP contribution in [0.25, 0.3) is 11.3 Å². The SMILES string of the molecule is COCC#Cc1cnc(-c2ccc(S(=O)(=O)C3(C(=O)NO)CCOCC3)cc2)cn1. The summed E-state index contributed by atoms with van der Waals surface area (Å²) in [6, 6.07) is 6.02. The molecule has 1 amide bonds. The van der Waals surface area contributed by atoms with Crippen LogP contribution in [0.15, 0.2) is 41.6 Å². The highest BCUT2D eigenvalue weighted by atomic mass is 32.2. The van der Waals surface area contributed by atoms with E-state index in [1.807, 2.05) is 0 Å². The quantitative estimate of drug-likeness (QED) is 0.407. The molecule has 2 N–H and O–H groups in total. The van der Waals surface area contributed by atoms with Gasteiger partial charge in [0.2, 0.25) is 0 Å². The van der Waals surface area contributed by atoms with Crippen LogP contribution in [0.1, 0.15) is 18.5 Å². The highest BCUT2D eigenvalue weighted by Gasteiger charge is 2.52. The lowest BCUT2D eigenvalue weighted by Gasteiger charge is -2.34. The summed E-state index contributed by atoms with van der Waals surface area (Å²) >= 11 is 0. The van der Waals surface area contributed by atoms with E-state index < -0.39 is 20.5 Å². The van der Waals surface area contributed by atoms with Gasteiger partial charge in [0.1, 0.15) is 12.3 Å². The molecule has 0 saturated carbocycles. The third-order valence-electron chi connectivity index (χ3n) is 4.88.